The Labute approximate surface area is 132 Å². The van der Waals surface area contributed by atoms with Crippen molar-refractivity contribution >= 4 is 17.5 Å². The van der Waals surface area contributed by atoms with Crippen molar-refractivity contribution in [2.45, 2.75) is 58.8 Å². The Hall–Kier alpha value is -1.06. The third-order valence-electron chi connectivity index (χ3n) is 4.60. The first kappa shape index (κ1) is 16.3. The average molecular weight is 309 g/mol. The van der Waals surface area contributed by atoms with E-state index in [-0.39, 0.29) is 24.2 Å². The molecule has 21 heavy (non-hydrogen) atoms. The van der Waals surface area contributed by atoms with Gasteiger partial charge in [0.1, 0.15) is 6.17 Å². The van der Waals surface area contributed by atoms with Crippen LogP contribution in [0.15, 0.2) is 24.3 Å². The maximum absolute atomic E-state index is 12.8. The lowest BCUT2D eigenvalue weighted by Gasteiger charge is -2.30. The fraction of sp³-hybridized carbons (Fsp3) is 0.588. The van der Waals surface area contributed by atoms with E-state index in [9.17, 15) is 4.79 Å². The van der Waals surface area contributed by atoms with E-state index in [2.05, 4.69) is 33.0 Å². The highest BCUT2D eigenvalue weighted by atomic mass is 35.5. The van der Waals surface area contributed by atoms with Crippen LogP contribution in [0.4, 0.5) is 0 Å². The molecule has 0 aromatic heterocycles. The fourth-order valence-corrected chi connectivity index (χ4v) is 2.95. The summed E-state index contributed by atoms with van der Waals surface area (Å²) in [5.41, 5.74) is 1.10. The van der Waals surface area contributed by atoms with Crippen LogP contribution in [0.1, 0.15) is 52.3 Å². The van der Waals surface area contributed by atoms with Gasteiger partial charge in [0.2, 0.25) is 5.91 Å². The second-order valence-corrected chi connectivity index (χ2v) is 6.42. The lowest BCUT2D eigenvalue weighted by Crippen LogP contribution is -2.39. The van der Waals surface area contributed by atoms with Gasteiger partial charge in [-0.3, -0.25) is 10.1 Å². The number of rotatable bonds is 5. The molecule has 4 unspecified atom stereocenters. The molecule has 4 atom stereocenters. The van der Waals surface area contributed by atoms with E-state index >= 15 is 0 Å². The van der Waals surface area contributed by atoms with Gasteiger partial charge < -0.3 is 4.90 Å². The molecule has 1 aromatic rings. The first-order valence-corrected chi connectivity index (χ1v) is 8.21. The van der Waals surface area contributed by atoms with Crippen LogP contribution in [0.5, 0.6) is 0 Å². The number of benzene rings is 1. The molecule has 0 bridgehead atoms. The zero-order valence-corrected chi connectivity index (χ0v) is 14.0. The molecular weight excluding hydrogens is 284 g/mol. The van der Waals surface area contributed by atoms with E-state index in [0.717, 1.165) is 23.4 Å². The molecule has 0 radical (unpaired) electrons. The van der Waals surface area contributed by atoms with Crippen LogP contribution in [0, 0.1) is 5.92 Å². The van der Waals surface area contributed by atoms with E-state index in [1.54, 1.807) is 0 Å². The SMILES string of the molecule is CCC(C)C1NC(c2ccc(Cl)cc2)N(C(C)CC)C1=O. The van der Waals surface area contributed by atoms with Gasteiger partial charge in [0.05, 0.1) is 6.04 Å². The molecule has 0 aliphatic carbocycles. The molecule has 2 rings (SSSR count). The number of nitrogens with zero attached hydrogens (tertiary/aromatic N) is 1. The van der Waals surface area contributed by atoms with Crippen LogP contribution in [0.25, 0.3) is 0 Å². The topological polar surface area (TPSA) is 32.3 Å². The summed E-state index contributed by atoms with van der Waals surface area (Å²) in [5, 5.41) is 4.24. The highest BCUT2D eigenvalue weighted by molar-refractivity contribution is 6.30. The van der Waals surface area contributed by atoms with Gasteiger partial charge in [0.15, 0.2) is 0 Å². The summed E-state index contributed by atoms with van der Waals surface area (Å²) >= 11 is 5.97. The Balaban J connectivity index is 2.32. The smallest absolute Gasteiger partial charge is 0.241 e. The van der Waals surface area contributed by atoms with Crippen LogP contribution >= 0.6 is 11.6 Å². The molecule has 1 amide bonds. The van der Waals surface area contributed by atoms with Gasteiger partial charge >= 0.3 is 0 Å². The van der Waals surface area contributed by atoms with Gasteiger partial charge in [0, 0.05) is 11.1 Å². The second-order valence-electron chi connectivity index (χ2n) is 5.99. The number of nitrogens with one attached hydrogen (secondary N) is 1. The van der Waals surface area contributed by atoms with Crippen LogP contribution in [-0.4, -0.2) is 22.9 Å². The first-order valence-electron chi connectivity index (χ1n) is 7.83. The van der Waals surface area contributed by atoms with Crippen molar-refractivity contribution in [2.75, 3.05) is 0 Å². The molecule has 3 nitrogen and oxygen atoms in total. The van der Waals surface area contributed by atoms with E-state index < -0.39 is 0 Å². The highest BCUT2D eigenvalue weighted by Gasteiger charge is 2.43. The van der Waals surface area contributed by atoms with Crippen LogP contribution in [0.3, 0.4) is 0 Å². The fourth-order valence-electron chi connectivity index (χ4n) is 2.82. The minimum absolute atomic E-state index is 0.0521. The molecule has 0 spiro atoms. The van der Waals surface area contributed by atoms with Crippen molar-refractivity contribution in [3.63, 3.8) is 0 Å². The highest BCUT2D eigenvalue weighted by Crippen LogP contribution is 2.32. The molecule has 1 saturated heterocycles. The predicted octanol–water partition coefficient (Wildman–Crippen LogP) is 3.98. The van der Waals surface area contributed by atoms with Gasteiger partial charge in [-0.15, -0.1) is 0 Å². The second kappa shape index (κ2) is 6.80. The molecule has 1 aliphatic heterocycles. The summed E-state index contributed by atoms with van der Waals surface area (Å²) in [7, 11) is 0. The van der Waals surface area contributed by atoms with Crippen molar-refractivity contribution in [1.82, 2.24) is 10.2 Å². The quantitative estimate of drug-likeness (QED) is 0.892. The summed E-state index contributed by atoms with van der Waals surface area (Å²) in [6, 6.07) is 7.90. The van der Waals surface area contributed by atoms with Crippen LogP contribution in [-0.2, 0) is 4.79 Å². The zero-order chi connectivity index (χ0) is 15.6. The molecular formula is C17H25ClN2O. The van der Waals surface area contributed by atoms with E-state index in [4.69, 9.17) is 11.6 Å². The maximum atomic E-state index is 12.8. The number of amides is 1. The van der Waals surface area contributed by atoms with Gasteiger partial charge in [-0.1, -0.05) is 50.9 Å². The molecule has 4 heteroatoms. The van der Waals surface area contributed by atoms with E-state index in [1.165, 1.54) is 0 Å². The number of carbonyl (C=O) groups is 1. The van der Waals surface area contributed by atoms with Crippen molar-refractivity contribution < 1.29 is 4.79 Å². The summed E-state index contributed by atoms with van der Waals surface area (Å²) in [6.45, 7) is 8.49. The van der Waals surface area contributed by atoms with E-state index in [0.29, 0.717) is 5.92 Å². The van der Waals surface area contributed by atoms with Gasteiger partial charge in [-0.25, -0.2) is 0 Å². The molecule has 1 N–H and O–H groups in total. The Bertz CT molecular complexity index is 488. The number of halogens is 1. The van der Waals surface area contributed by atoms with Crippen molar-refractivity contribution in [3.8, 4) is 0 Å². The summed E-state index contributed by atoms with van der Waals surface area (Å²) in [6.07, 6.45) is 1.89. The molecule has 116 valence electrons. The van der Waals surface area contributed by atoms with Crippen LogP contribution in [0.2, 0.25) is 5.02 Å². The lowest BCUT2D eigenvalue weighted by molar-refractivity contribution is -0.132. The Kier molecular flexibility index (Phi) is 5.28. The van der Waals surface area contributed by atoms with Crippen LogP contribution < -0.4 is 5.32 Å². The molecule has 1 aromatic carbocycles. The van der Waals surface area contributed by atoms with Gasteiger partial charge in [-0.05, 0) is 37.0 Å². The third-order valence-corrected chi connectivity index (χ3v) is 4.85. The number of carbonyl (C=O) groups excluding carboxylic acids is 1. The predicted molar refractivity (Wildman–Crippen MR) is 87.2 cm³/mol. The molecule has 1 aliphatic rings. The Morgan fingerprint density at radius 1 is 1.19 bits per heavy atom. The largest absolute Gasteiger partial charge is 0.319 e. The Morgan fingerprint density at radius 3 is 2.33 bits per heavy atom. The number of hydrogen-bond donors (Lipinski definition) is 1. The summed E-state index contributed by atoms with van der Waals surface area (Å²) in [5.74, 6) is 0.556. The molecule has 1 heterocycles. The van der Waals surface area contributed by atoms with Gasteiger partial charge in [-0.2, -0.15) is 0 Å². The van der Waals surface area contributed by atoms with Gasteiger partial charge in [0.25, 0.3) is 0 Å². The minimum atomic E-state index is -0.0929. The summed E-state index contributed by atoms with van der Waals surface area (Å²) in [4.78, 5) is 14.8. The van der Waals surface area contributed by atoms with E-state index in [1.807, 2.05) is 29.2 Å². The van der Waals surface area contributed by atoms with Crippen molar-refractivity contribution in [3.05, 3.63) is 34.9 Å². The van der Waals surface area contributed by atoms with Crippen molar-refractivity contribution in [1.29, 1.82) is 0 Å². The lowest BCUT2D eigenvalue weighted by atomic mass is 9.99. The zero-order valence-electron chi connectivity index (χ0n) is 13.3. The number of hydrogen-bond acceptors (Lipinski definition) is 2. The third kappa shape index (κ3) is 3.24. The minimum Gasteiger partial charge on any atom is -0.319 e. The first-order chi connectivity index (χ1) is 9.99. The Morgan fingerprint density at radius 2 is 1.81 bits per heavy atom. The normalized spacial score (nSPS) is 25.2. The molecule has 0 saturated carbocycles. The average Bonchev–Trinajstić information content (AvgIpc) is 2.84. The maximum Gasteiger partial charge on any atom is 0.241 e. The van der Waals surface area contributed by atoms with Crippen molar-refractivity contribution in [2.24, 2.45) is 5.92 Å². The standard InChI is InChI=1S/C17H25ClN2O/c1-5-11(3)15-17(21)20(12(4)6-2)16(19-15)13-7-9-14(18)10-8-13/h7-12,15-16,19H,5-6H2,1-4H3. The summed E-state index contributed by atoms with van der Waals surface area (Å²) < 4.78 is 0. The monoisotopic (exact) mass is 308 g/mol. The molecule has 1 fully saturated rings.